The van der Waals surface area contributed by atoms with Crippen LogP contribution in [-0.2, 0) is 14.3 Å². The van der Waals surface area contributed by atoms with Gasteiger partial charge in [-0.05, 0) is 70.6 Å². The highest BCUT2D eigenvalue weighted by Crippen LogP contribution is 2.22. The summed E-state index contributed by atoms with van der Waals surface area (Å²) in [5, 5.41) is 54.0. The smallest absolute Gasteiger partial charge is 0.220 e. The van der Waals surface area contributed by atoms with Gasteiger partial charge >= 0.3 is 0 Å². The van der Waals surface area contributed by atoms with Crippen LogP contribution in [-0.4, -0.2) is 87.5 Å². The first-order valence-electron chi connectivity index (χ1n) is 22.0. The van der Waals surface area contributed by atoms with Crippen LogP contribution < -0.4 is 5.32 Å². The van der Waals surface area contributed by atoms with Gasteiger partial charge in [0.25, 0.3) is 0 Å². The van der Waals surface area contributed by atoms with E-state index in [4.69, 9.17) is 9.47 Å². The van der Waals surface area contributed by atoms with E-state index in [9.17, 15) is 30.3 Å². The number of rotatable bonds is 34. The molecule has 1 saturated heterocycles. The lowest BCUT2D eigenvalue weighted by atomic mass is 9.99. The number of aliphatic hydroxyl groups is 5. The molecule has 0 saturated carbocycles. The second-order valence-corrected chi connectivity index (χ2v) is 14.7. The van der Waals surface area contributed by atoms with Gasteiger partial charge in [0.05, 0.1) is 25.4 Å². The Morgan fingerprint density at radius 3 is 1.67 bits per heavy atom. The van der Waals surface area contributed by atoms with Crippen molar-refractivity contribution in [1.29, 1.82) is 0 Å². The zero-order valence-electron chi connectivity index (χ0n) is 35.3. The number of carbonyl (C=O) groups is 1. The van der Waals surface area contributed by atoms with Crippen LogP contribution in [0.1, 0.15) is 142 Å². The molecule has 57 heavy (non-hydrogen) atoms. The average molecular weight is 798 g/mol. The number of allylic oxidation sites excluding steroid dienone is 15. The fraction of sp³-hybridized carbons (Fsp3) is 0.646. The first-order chi connectivity index (χ1) is 27.8. The Morgan fingerprint density at radius 2 is 1.11 bits per heavy atom. The normalized spacial score (nSPS) is 22.0. The zero-order chi connectivity index (χ0) is 41.6. The predicted octanol–water partition coefficient (Wildman–Crippen LogP) is 8.94. The zero-order valence-corrected chi connectivity index (χ0v) is 35.3. The highest BCUT2D eigenvalue weighted by molar-refractivity contribution is 5.76. The molecule has 324 valence electrons. The van der Waals surface area contributed by atoms with E-state index in [1.165, 1.54) is 57.8 Å². The van der Waals surface area contributed by atoms with Gasteiger partial charge in [-0.2, -0.15) is 0 Å². The maximum absolute atomic E-state index is 12.9. The summed E-state index contributed by atoms with van der Waals surface area (Å²) in [6.07, 6.45) is 46.0. The first-order valence-corrected chi connectivity index (χ1v) is 22.0. The molecule has 1 aliphatic rings. The minimum absolute atomic E-state index is 0.207. The summed E-state index contributed by atoms with van der Waals surface area (Å²) in [6.45, 7) is 3.56. The molecule has 7 unspecified atom stereocenters. The quantitative estimate of drug-likeness (QED) is 0.0279. The van der Waals surface area contributed by atoms with Crippen molar-refractivity contribution < 1.29 is 39.8 Å². The number of aliphatic hydroxyl groups excluding tert-OH is 5. The van der Waals surface area contributed by atoms with Crippen molar-refractivity contribution in [2.24, 2.45) is 0 Å². The molecule has 0 aromatic heterocycles. The number of hydrogen-bond acceptors (Lipinski definition) is 8. The number of unbranched alkanes of at least 4 members (excludes halogenated alkanes) is 10. The fourth-order valence-electron chi connectivity index (χ4n) is 6.13. The molecule has 0 aromatic rings. The second-order valence-electron chi connectivity index (χ2n) is 14.7. The monoisotopic (exact) mass is 798 g/mol. The van der Waals surface area contributed by atoms with E-state index in [-0.39, 0.29) is 18.9 Å². The Balaban J connectivity index is 2.49. The summed E-state index contributed by atoms with van der Waals surface area (Å²) < 4.78 is 11.1. The van der Waals surface area contributed by atoms with Gasteiger partial charge in [-0.1, -0.05) is 162 Å². The van der Waals surface area contributed by atoms with Gasteiger partial charge < -0.3 is 40.3 Å². The topological polar surface area (TPSA) is 149 Å². The molecule has 1 rings (SSSR count). The van der Waals surface area contributed by atoms with Gasteiger partial charge in [-0.15, -0.1) is 0 Å². The Kier molecular flexibility index (Phi) is 34.2. The van der Waals surface area contributed by atoms with E-state index in [1.807, 2.05) is 18.2 Å². The lowest BCUT2D eigenvalue weighted by Gasteiger charge is -2.40. The Bertz CT molecular complexity index is 1200. The van der Waals surface area contributed by atoms with Crippen LogP contribution >= 0.6 is 0 Å². The molecule has 0 aromatic carbocycles. The Morgan fingerprint density at radius 1 is 0.614 bits per heavy atom. The minimum atomic E-state index is -1.59. The van der Waals surface area contributed by atoms with Crippen molar-refractivity contribution in [2.45, 2.75) is 185 Å². The number of nitrogens with one attached hydrogen (secondary N) is 1. The maximum atomic E-state index is 12.9. The molecule has 0 radical (unpaired) electrons. The van der Waals surface area contributed by atoms with Crippen LogP contribution in [0.2, 0.25) is 0 Å². The molecule has 0 bridgehead atoms. The summed E-state index contributed by atoms with van der Waals surface area (Å²) in [4.78, 5) is 12.9. The molecule has 0 aliphatic carbocycles. The van der Waals surface area contributed by atoms with Gasteiger partial charge in [-0.3, -0.25) is 4.79 Å². The molecule has 0 spiro atoms. The lowest BCUT2D eigenvalue weighted by molar-refractivity contribution is -0.302. The van der Waals surface area contributed by atoms with Crippen molar-refractivity contribution in [2.75, 3.05) is 13.2 Å². The van der Waals surface area contributed by atoms with Crippen molar-refractivity contribution in [3.63, 3.8) is 0 Å². The van der Waals surface area contributed by atoms with Crippen LogP contribution in [0.15, 0.2) is 97.2 Å². The number of hydrogen-bond donors (Lipinski definition) is 6. The Hall–Kier alpha value is -2.89. The van der Waals surface area contributed by atoms with Gasteiger partial charge in [-0.25, -0.2) is 0 Å². The Labute approximate surface area is 345 Å². The molecule has 1 fully saturated rings. The highest BCUT2D eigenvalue weighted by Gasteiger charge is 2.44. The summed E-state index contributed by atoms with van der Waals surface area (Å²) in [5.41, 5.74) is 0. The molecule has 9 nitrogen and oxygen atoms in total. The minimum Gasteiger partial charge on any atom is -0.394 e. The van der Waals surface area contributed by atoms with Crippen LogP contribution in [0.3, 0.4) is 0 Å². The predicted molar refractivity (Wildman–Crippen MR) is 234 cm³/mol. The van der Waals surface area contributed by atoms with Crippen molar-refractivity contribution in [3.05, 3.63) is 97.2 Å². The largest absolute Gasteiger partial charge is 0.394 e. The number of carbonyl (C=O) groups excluding carboxylic acids is 1. The molecule has 1 aliphatic heterocycles. The van der Waals surface area contributed by atoms with Gasteiger partial charge in [0.2, 0.25) is 5.91 Å². The summed E-state index contributed by atoms with van der Waals surface area (Å²) in [6, 6.07) is -0.867. The van der Waals surface area contributed by atoms with Crippen molar-refractivity contribution in [3.8, 4) is 0 Å². The second kappa shape index (κ2) is 37.4. The lowest BCUT2D eigenvalue weighted by Crippen LogP contribution is -2.60. The third kappa shape index (κ3) is 28.2. The summed E-state index contributed by atoms with van der Waals surface area (Å²) in [5.74, 6) is -0.274. The third-order valence-electron chi connectivity index (χ3n) is 9.66. The SMILES string of the molecule is CC/C=C\C/C=C\C/C=C\C/C=C\C/C=C\C/C=C\CCC(=O)NC(COC1OC(CO)C(O)C(O)C1O)C(O)/C=C/CC/C=C/CCCCCCCCCCC. The van der Waals surface area contributed by atoms with E-state index < -0.39 is 49.5 Å². The molecule has 1 heterocycles. The van der Waals surface area contributed by atoms with Gasteiger partial charge in [0, 0.05) is 6.42 Å². The average Bonchev–Trinajstić information content (AvgIpc) is 3.21. The van der Waals surface area contributed by atoms with Crippen LogP contribution in [0.4, 0.5) is 0 Å². The van der Waals surface area contributed by atoms with E-state index >= 15 is 0 Å². The van der Waals surface area contributed by atoms with Crippen molar-refractivity contribution >= 4 is 5.91 Å². The van der Waals surface area contributed by atoms with Gasteiger partial charge in [0.15, 0.2) is 6.29 Å². The third-order valence-corrected chi connectivity index (χ3v) is 9.66. The van der Waals surface area contributed by atoms with E-state index in [2.05, 4.69) is 92.1 Å². The van der Waals surface area contributed by atoms with E-state index in [0.717, 1.165) is 57.8 Å². The highest BCUT2D eigenvalue weighted by atomic mass is 16.7. The van der Waals surface area contributed by atoms with Crippen LogP contribution in [0.5, 0.6) is 0 Å². The maximum Gasteiger partial charge on any atom is 0.220 e. The number of amides is 1. The summed E-state index contributed by atoms with van der Waals surface area (Å²) >= 11 is 0. The van der Waals surface area contributed by atoms with Crippen LogP contribution in [0.25, 0.3) is 0 Å². The van der Waals surface area contributed by atoms with Gasteiger partial charge in [0.1, 0.15) is 24.4 Å². The number of ether oxygens (including phenoxy) is 2. The fourth-order valence-corrected chi connectivity index (χ4v) is 6.13. The molecule has 6 N–H and O–H groups in total. The van der Waals surface area contributed by atoms with Crippen molar-refractivity contribution in [1.82, 2.24) is 5.32 Å². The molecular formula is C48H79NO8. The van der Waals surface area contributed by atoms with E-state index in [0.29, 0.717) is 6.42 Å². The summed E-state index contributed by atoms with van der Waals surface area (Å²) in [7, 11) is 0. The first kappa shape index (κ1) is 52.1. The standard InChI is InChI=1S/C48H79NO8/c1-3-5-7-9-11-13-15-17-19-20-21-22-24-26-28-30-32-34-36-38-44(52)49-41(40-56-48-47(55)46(54)45(53)43(39-50)57-48)42(51)37-35-33-31-29-27-25-23-18-16-14-12-10-8-6-4-2/h5,7,11,13,17,19,21-22,26-29,32,34-35,37,41-43,45-48,50-51,53-55H,3-4,6,8-10,12,14-16,18,20,23-25,30-31,33,36,38-40H2,1-2H3,(H,49,52)/b7-5-,13-11-,19-17-,22-21-,28-26-,29-27+,34-32-,37-35+. The molecule has 1 amide bonds. The van der Waals surface area contributed by atoms with Crippen LogP contribution in [0, 0.1) is 0 Å². The molecule has 9 heteroatoms. The van der Waals surface area contributed by atoms with E-state index in [1.54, 1.807) is 6.08 Å². The molecular weight excluding hydrogens is 719 g/mol. The molecule has 7 atom stereocenters.